The maximum atomic E-state index is 5.53. The zero-order valence-electron chi connectivity index (χ0n) is 9.88. The number of oxazole rings is 1. The minimum atomic E-state index is 0.532. The molecule has 0 fully saturated rings. The molecule has 0 aromatic carbocycles. The highest BCUT2D eigenvalue weighted by molar-refractivity contribution is 7.17. The number of hydrogen-bond donors (Lipinski definition) is 1. The molecule has 92 valence electrons. The summed E-state index contributed by atoms with van der Waals surface area (Å²) in [6, 6.07) is 1.98. The molecule has 18 heavy (non-hydrogen) atoms. The summed E-state index contributed by atoms with van der Waals surface area (Å²) in [4.78, 5) is 12.6. The van der Waals surface area contributed by atoms with E-state index in [1.54, 1.807) is 23.9 Å². The highest BCUT2D eigenvalue weighted by Gasteiger charge is 2.06. The average molecular weight is 260 g/mol. The van der Waals surface area contributed by atoms with E-state index in [4.69, 9.17) is 4.42 Å². The van der Waals surface area contributed by atoms with Gasteiger partial charge in [0.2, 0.25) is 5.89 Å². The lowest BCUT2D eigenvalue weighted by molar-refractivity contribution is 0.465. The Morgan fingerprint density at radius 2 is 2.28 bits per heavy atom. The van der Waals surface area contributed by atoms with Gasteiger partial charge in [-0.2, -0.15) is 0 Å². The smallest absolute Gasteiger partial charge is 0.213 e. The fourth-order valence-corrected chi connectivity index (χ4v) is 2.48. The van der Waals surface area contributed by atoms with Gasteiger partial charge in [-0.3, -0.25) is 0 Å². The molecule has 0 aliphatic rings. The minimum absolute atomic E-state index is 0.532. The van der Waals surface area contributed by atoms with E-state index in [-0.39, 0.29) is 0 Å². The van der Waals surface area contributed by atoms with Crippen LogP contribution in [0.2, 0.25) is 0 Å². The van der Waals surface area contributed by atoms with E-state index in [1.165, 1.54) is 0 Å². The molecule has 3 heterocycles. The largest absolute Gasteiger partial charge is 0.444 e. The topological polar surface area (TPSA) is 63.8 Å². The number of nitrogens with zero attached hydrogens (tertiary/aromatic N) is 3. The Labute approximate surface area is 108 Å². The standard InChI is InChI=1S/C12H12N4OS/c1-2-8-5-13-10(17-8)6-14-12-11-9(3-4-18-11)15-7-16-12/h3-5,7H,2,6H2,1H3,(H,14,15,16). The highest BCUT2D eigenvalue weighted by atomic mass is 32.1. The SMILES string of the molecule is CCc1cnc(CNc2ncnc3ccsc23)o1. The van der Waals surface area contributed by atoms with E-state index in [2.05, 4.69) is 20.3 Å². The first-order valence-electron chi connectivity index (χ1n) is 5.72. The molecule has 0 saturated heterocycles. The predicted octanol–water partition coefficient (Wildman–Crippen LogP) is 2.85. The van der Waals surface area contributed by atoms with E-state index in [1.807, 2.05) is 18.4 Å². The van der Waals surface area contributed by atoms with Gasteiger partial charge in [0.1, 0.15) is 17.9 Å². The van der Waals surface area contributed by atoms with Crippen LogP contribution in [0.15, 0.2) is 28.4 Å². The van der Waals surface area contributed by atoms with Gasteiger partial charge in [0, 0.05) is 6.42 Å². The molecule has 0 aliphatic carbocycles. The van der Waals surface area contributed by atoms with Crippen LogP contribution in [-0.2, 0) is 13.0 Å². The van der Waals surface area contributed by atoms with E-state index in [0.29, 0.717) is 12.4 Å². The van der Waals surface area contributed by atoms with Crippen LogP contribution in [0.25, 0.3) is 10.2 Å². The summed E-state index contributed by atoms with van der Waals surface area (Å²) in [6.45, 7) is 2.57. The maximum Gasteiger partial charge on any atom is 0.213 e. The summed E-state index contributed by atoms with van der Waals surface area (Å²) in [6.07, 6.45) is 4.18. The quantitative estimate of drug-likeness (QED) is 0.781. The summed E-state index contributed by atoms with van der Waals surface area (Å²) in [5.41, 5.74) is 0.958. The van der Waals surface area contributed by atoms with Crippen molar-refractivity contribution in [1.29, 1.82) is 0 Å². The van der Waals surface area contributed by atoms with Gasteiger partial charge < -0.3 is 9.73 Å². The van der Waals surface area contributed by atoms with Gasteiger partial charge in [0.05, 0.1) is 23.0 Å². The monoisotopic (exact) mass is 260 g/mol. The maximum absolute atomic E-state index is 5.53. The van der Waals surface area contributed by atoms with Crippen LogP contribution in [0.3, 0.4) is 0 Å². The van der Waals surface area contributed by atoms with Crippen molar-refractivity contribution in [1.82, 2.24) is 15.0 Å². The molecule has 6 heteroatoms. The van der Waals surface area contributed by atoms with Crippen molar-refractivity contribution in [2.75, 3.05) is 5.32 Å². The molecule has 1 N–H and O–H groups in total. The molecule has 0 spiro atoms. The lowest BCUT2D eigenvalue weighted by atomic mass is 10.4. The minimum Gasteiger partial charge on any atom is -0.444 e. The Balaban J connectivity index is 1.78. The molecule has 3 aromatic heterocycles. The van der Waals surface area contributed by atoms with Crippen molar-refractivity contribution >= 4 is 27.4 Å². The number of rotatable bonds is 4. The molecule has 5 nitrogen and oxygen atoms in total. The summed E-state index contributed by atoms with van der Waals surface area (Å²) in [7, 11) is 0. The van der Waals surface area contributed by atoms with Crippen LogP contribution >= 0.6 is 11.3 Å². The first kappa shape index (κ1) is 11.2. The zero-order chi connectivity index (χ0) is 12.4. The summed E-state index contributed by atoms with van der Waals surface area (Å²) >= 11 is 1.62. The highest BCUT2D eigenvalue weighted by Crippen LogP contribution is 2.25. The molecule has 3 aromatic rings. The van der Waals surface area contributed by atoms with Gasteiger partial charge in [-0.1, -0.05) is 6.92 Å². The van der Waals surface area contributed by atoms with Crippen molar-refractivity contribution in [3.63, 3.8) is 0 Å². The average Bonchev–Trinajstić information content (AvgIpc) is 3.05. The number of anilines is 1. The first-order valence-corrected chi connectivity index (χ1v) is 6.60. The second kappa shape index (κ2) is 4.73. The molecule has 0 atom stereocenters. The first-order chi connectivity index (χ1) is 8.86. The van der Waals surface area contributed by atoms with Gasteiger partial charge in [-0.15, -0.1) is 11.3 Å². The Morgan fingerprint density at radius 3 is 3.11 bits per heavy atom. The number of thiophene rings is 1. The molecule has 0 aliphatic heterocycles. The van der Waals surface area contributed by atoms with Crippen LogP contribution in [0.5, 0.6) is 0 Å². The number of nitrogens with one attached hydrogen (secondary N) is 1. The third kappa shape index (κ3) is 2.06. The second-order valence-electron chi connectivity index (χ2n) is 3.78. The summed E-state index contributed by atoms with van der Waals surface area (Å²) in [5.74, 6) is 2.40. The fourth-order valence-electron chi connectivity index (χ4n) is 1.67. The number of aromatic nitrogens is 3. The van der Waals surface area contributed by atoms with Crippen LogP contribution in [0, 0.1) is 0 Å². The molecule has 0 saturated carbocycles. The van der Waals surface area contributed by atoms with E-state index < -0.39 is 0 Å². The molecule has 0 bridgehead atoms. The van der Waals surface area contributed by atoms with E-state index in [0.717, 1.165) is 28.2 Å². The van der Waals surface area contributed by atoms with Crippen LogP contribution in [0.4, 0.5) is 5.82 Å². The Bertz CT molecular complexity index is 661. The Kier molecular flexibility index (Phi) is 2.93. The summed E-state index contributed by atoms with van der Waals surface area (Å²) < 4.78 is 6.59. The van der Waals surface area contributed by atoms with Crippen molar-refractivity contribution < 1.29 is 4.42 Å². The molecular weight excluding hydrogens is 248 g/mol. The second-order valence-corrected chi connectivity index (χ2v) is 4.70. The van der Waals surface area contributed by atoms with Crippen molar-refractivity contribution in [3.8, 4) is 0 Å². The van der Waals surface area contributed by atoms with Gasteiger partial charge in [-0.25, -0.2) is 15.0 Å². The van der Waals surface area contributed by atoms with Crippen molar-refractivity contribution in [2.45, 2.75) is 19.9 Å². The molecule has 0 amide bonds. The van der Waals surface area contributed by atoms with Crippen LogP contribution in [0.1, 0.15) is 18.6 Å². The zero-order valence-corrected chi connectivity index (χ0v) is 10.7. The lowest BCUT2D eigenvalue weighted by Crippen LogP contribution is -2.01. The van der Waals surface area contributed by atoms with E-state index >= 15 is 0 Å². The predicted molar refractivity (Wildman–Crippen MR) is 70.6 cm³/mol. The van der Waals surface area contributed by atoms with Crippen LogP contribution in [-0.4, -0.2) is 15.0 Å². The molecule has 0 unspecified atom stereocenters. The van der Waals surface area contributed by atoms with Crippen molar-refractivity contribution in [3.05, 3.63) is 35.6 Å². The fraction of sp³-hybridized carbons (Fsp3) is 0.250. The third-order valence-electron chi connectivity index (χ3n) is 2.60. The third-order valence-corrected chi connectivity index (χ3v) is 3.51. The molecular formula is C12H12N4OS. The number of fused-ring (bicyclic) bond motifs is 1. The normalized spacial score (nSPS) is 10.9. The van der Waals surface area contributed by atoms with Crippen LogP contribution < -0.4 is 5.32 Å². The van der Waals surface area contributed by atoms with Gasteiger partial charge in [-0.05, 0) is 11.4 Å². The van der Waals surface area contributed by atoms with Gasteiger partial charge in [0.25, 0.3) is 0 Å². The molecule has 0 radical (unpaired) electrons. The van der Waals surface area contributed by atoms with Crippen molar-refractivity contribution in [2.24, 2.45) is 0 Å². The van der Waals surface area contributed by atoms with Gasteiger partial charge >= 0.3 is 0 Å². The van der Waals surface area contributed by atoms with E-state index in [9.17, 15) is 0 Å². The summed E-state index contributed by atoms with van der Waals surface area (Å²) in [5, 5.41) is 5.24. The Morgan fingerprint density at radius 1 is 1.33 bits per heavy atom. The molecule has 3 rings (SSSR count). The number of hydrogen-bond acceptors (Lipinski definition) is 6. The van der Waals surface area contributed by atoms with Gasteiger partial charge in [0.15, 0.2) is 0 Å². The Hall–Kier alpha value is -1.95. The number of aryl methyl sites for hydroxylation is 1. The lowest BCUT2D eigenvalue weighted by Gasteiger charge is -2.03.